The van der Waals surface area contributed by atoms with E-state index in [1.54, 1.807) is 12.1 Å². The number of ether oxygens (including phenoxy) is 4. The number of furan rings is 1. The third-order valence-electron chi connectivity index (χ3n) is 5.50. The van der Waals surface area contributed by atoms with Crippen LogP contribution in [0, 0.1) is 0 Å². The third kappa shape index (κ3) is 3.90. The molecule has 2 aliphatic rings. The van der Waals surface area contributed by atoms with Crippen molar-refractivity contribution in [2.45, 2.75) is 43.9 Å². The van der Waals surface area contributed by atoms with Crippen LogP contribution >= 0.6 is 0 Å². The number of fused-ring (bicyclic) bond motifs is 2. The van der Waals surface area contributed by atoms with Crippen LogP contribution in [0.3, 0.4) is 0 Å². The number of carbonyl (C=O) groups is 1. The highest BCUT2D eigenvalue weighted by Crippen LogP contribution is 2.36. The van der Waals surface area contributed by atoms with Gasteiger partial charge in [-0.1, -0.05) is 36.4 Å². The van der Waals surface area contributed by atoms with Gasteiger partial charge in [0, 0.05) is 12.3 Å². The summed E-state index contributed by atoms with van der Waals surface area (Å²) in [5.74, 6) is 0.776. The number of rotatable bonds is 4. The predicted octanol–water partition coefficient (Wildman–Crippen LogP) is 2.52. The van der Waals surface area contributed by atoms with Crippen molar-refractivity contribution < 1.29 is 33.3 Å². The fourth-order valence-electron chi connectivity index (χ4n) is 4.07. The maximum absolute atomic E-state index is 11.9. The first-order valence-electron chi connectivity index (χ1n) is 10.2. The van der Waals surface area contributed by atoms with E-state index in [0.717, 1.165) is 10.8 Å². The van der Waals surface area contributed by atoms with Crippen LogP contribution in [0.5, 0.6) is 5.75 Å². The summed E-state index contributed by atoms with van der Waals surface area (Å²) >= 11 is 0. The largest absolute Gasteiger partial charge is 0.464 e. The second kappa shape index (κ2) is 8.32. The number of nitrogens with one attached hydrogen (secondary N) is 1. The van der Waals surface area contributed by atoms with Crippen LogP contribution in [0.15, 0.2) is 65.3 Å². The Bertz CT molecular complexity index is 1050. The molecule has 2 aromatic carbocycles. The Kier molecular flexibility index (Phi) is 5.37. The van der Waals surface area contributed by atoms with Crippen LogP contribution < -0.4 is 10.1 Å². The van der Waals surface area contributed by atoms with Crippen molar-refractivity contribution in [3.63, 3.8) is 0 Å². The summed E-state index contributed by atoms with van der Waals surface area (Å²) < 4.78 is 29.3. The summed E-state index contributed by atoms with van der Waals surface area (Å²) in [4.78, 5) is 11.9. The van der Waals surface area contributed by atoms with Crippen molar-refractivity contribution in [1.82, 2.24) is 5.32 Å². The number of hydrogen-bond acceptors (Lipinski definition) is 7. The van der Waals surface area contributed by atoms with Crippen LogP contribution in [0.25, 0.3) is 10.8 Å². The Morgan fingerprint density at radius 1 is 1.10 bits per heavy atom. The van der Waals surface area contributed by atoms with Gasteiger partial charge in [-0.25, -0.2) is 0 Å². The van der Waals surface area contributed by atoms with Gasteiger partial charge in [0.05, 0.1) is 12.9 Å². The summed E-state index contributed by atoms with van der Waals surface area (Å²) in [5, 5.41) is 15.8. The second-order valence-corrected chi connectivity index (χ2v) is 7.64. The molecule has 1 amide bonds. The van der Waals surface area contributed by atoms with Crippen LogP contribution in [0.1, 0.15) is 19.0 Å². The van der Waals surface area contributed by atoms with Gasteiger partial charge in [-0.15, -0.1) is 0 Å². The molecule has 0 unspecified atom stereocenters. The van der Waals surface area contributed by atoms with Gasteiger partial charge in [0.25, 0.3) is 0 Å². The molecular weight excluding hydrogens is 402 g/mol. The van der Waals surface area contributed by atoms with E-state index in [-0.39, 0.29) is 12.5 Å². The molecule has 31 heavy (non-hydrogen) atoms. The summed E-state index contributed by atoms with van der Waals surface area (Å²) in [7, 11) is 0. The van der Waals surface area contributed by atoms with Gasteiger partial charge < -0.3 is 33.8 Å². The molecule has 0 spiro atoms. The van der Waals surface area contributed by atoms with E-state index in [2.05, 4.69) is 5.32 Å². The SMILES string of the molecule is CC(=O)N[C@@H]1[C@H](Oc2cccc3ccccc23)O[C@@H]2CO[C@@H](c3ccco3)O[C@@H]2[C@@H]1O. The van der Waals surface area contributed by atoms with Gasteiger partial charge >= 0.3 is 0 Å². The smallest absolute Gasteiger partial charge is 0.223 e. The molecule has 0 bridgehead atoms. The lowest BCUT2D eigenvalue weighted by atomic mass is 9.95. The van der Waals surface area contributed by atoms with Crippen molar-refractivity contribution in [3.05, 3.63) is 66.6 Å². The molecule has 162 valence electrons. The van der Waals surface area contributed by atoms with Gasteiger partial charge in [-0.05, 0) is 23.6 Å². The Hall–Kier alpha value is -2.91. The first-order valence-corrected chi connectivity index (χ1v) is 10.2. The molecule has 5 rings (SSSR count). The van der Waals surface area contributed by atoms with E-state index in [0.29, 0.717) is 11.5 Å². The molecule has 8 nitrogen and oxygen atoms in total. The zero-order valence-electron chi connectivity index (χ0n) is 16.8. The average Bonchev–Trinajstić information content (AvgIpc) is 3.31. The molecular formula is C23H23NO7. The fourth-order valence-corrected chi connectivity index (χ4v) is 4.07. The molecule has 2 saturated heterocycles. The first-order chi connectivity index (χ1) is 15.1. The van der Waals surface area contributed by atoms with E-state index in [1.165, 1.54) is 13.2 Å². The molecule has 2 N–H and O–H groups in total. The molecule has 6 atom stereocenters. The lowest BCUT2D eigenvalue weighted by Gasteiger charge is -2.47. The van der Waals surface area contributed by atoms with Crippen LogP contribution in [-0.2, 0) is 19.0 Å². The molecule has 0 saturated carbocycles. The topological polar surface area (TPSA) is 99.4 Å². The van der Waals surface area contributed by atoms with Crippen LogP contribution in [0.4, 0.5) is 0 Å². The molecule has 2 fully saturated rings. The van der Waals surface area contributed by atoms with Gasteiger partial charge in [0.1, 0.15) is 30.1 Å². The summed E-state index contributed by atoms with van der Waals surface area (Å²) in [6.45, 7) is 1.56. The lowest BCUT2D eigenvalue weighted by Crippen LogP contribution is -2.67. The molecule has 3 heterocycles. The molecule has 2 aliphatic heterocycles. The maximum atomic E-state index is 11.9. The highest BCUT2D eigenvalue weighted by Gasteiger charge is 2.51. The fraction of sp³-hybridized carbons (Fsp3) is 0.348. The van der Waals surface area contributed by atoms with Gasteiger partial charge in [-0.2, -0.15) is 0 Å². The predicted molar refractivity (Wildman–Crippen MR) is 109 cm³/mol. The highest BCUT2D eigenvalue weighted by atomic mass is 16.8. The minimum atomic E-state index is -1.08. The number of benzene rings is 2. The van der Waals surface area contributed by atoms with Gasteiger partial charge in [-0.3, -0.25) is 4.79 Å². The Balaban J connectivity index is 1.41. The third-order valence-corrected chi connectivity index (χ3v) is 5.50. The number of amides is 1. The summed E-state index contributed by atoms with van der Waals surface area (Å²) in [5.41, 5.74) is 0. The van der Waals surface area contributed by atoms with E-state index >= 15 is 0 Å². The van der Waals surface area contributed by atoms with E-state index in [4.69, 9.17) is 23.4 Å². The summed E-state index contributed by atoms with van der Waals surface area (Å²) in [6, 6.07) is 16.1. The normalized spacial score (nSPS) is 30.5. The number of carbonyl (C=O) groups excluding carboxylic acids is 1. The quantitative estimate of drug-likeness (QED) is 0.663. The Morgan fingerprint density at radius 2 is 1.94 bits per heavy atom. The van der Waals surface area contributed by atoms with Crippen LogP contribution in [0.2, 0.25) is 0 Å². The van der Waals surface area contributed by atoms with E-state index in [9.17, 15) is 9.90 Å². The minimum Gasteiger partial charge on any atom is -0.464 e. The van der Waals surface area contributed by atoms with Gasteiger partial charge in [0.2, 0.25) is 18.5 Å². The molecule has 1 aromatic heterocycles. The monoisotopic (exact) mass is 425 g/mol. The molecule has 0 radical (unpaired) electrons. The van der Waals surface area contributed by atoms with Gasteiger partial charge in [0.15, 0.2) is 5.76 Å². The Morgan fingerprint density at radius 3 is 2.74 bits per heavy atom. The van der Waals surface area contributed by atoms with Crippen molar-refractivity contribution in [3.8, 4) is 5.75 Å². The number of aliphatic hydroxyl groups is 1. The summed E-state index contributed by atoms with van der Waals surface area (Å²) in [6.07, 6.45) is -2.56. The zero-order chi connectivity index (χ0) is 21.4. The number of hydrogen-bond donors (Lipinski definition) is 2. The van der Waals surface area contributed by atoms with E-state index in [1.807, 2.05) is 42.5 Å². The number of aliphatic hydroxyl groups excluding tert-OH is 1. The lowest BCUT2D eigenvalue weighted by molar-refractivity contribution is -0.336. The van der Waals surface area contributed by atoms with E-state index < -0.39 is 36.9 Å². The van der Waals surface area contributed by atoms with Crippen molar-refractivity contribution >= 4 is 16.7 Å². The maximum Gasteiger partial charge on any atom is 0.223 e. The van der Waals surface area contributed by atoms with Crippen molar-refractivity contribution in [2.24, 2.45) is 0 Å². The molecule has 3 aromatic rings. The Labute approximate surface area is 178 Å². The minimum absolute atomic E-state index is 0.176. The zero-order valence-corrected chi connectivity index (χ0v) is 16.8. The van der Waals surface area contributed by atoms with Crippen molar-refractivity contribution in [1.29, 1.82) is 0 Å². The molecule has 0 aliphatic carbocycles. The van der Waals surface area contributed by atoms with Crippen molar-refractivity contribution in [2.75, 3.05) is 6.61 Å². The standard InChI is InChI=1S/C23H23NO7/c1-13(25)24-19-20(26)21-18(12-28-22(31-21)17-10-5-11-27-17)30-23(19)29-16-9-4-7-14-6-2-3-8-15(14)16/h2-11,18-23,26H,12H2,1H3,(H,24,25)/t18-,19+,20-,21+,22-,23-/m1/s1. The first kappa shape index (κ1) is 20.0. The van der Waals surface area contributed by atoms with Crippen LogP contribution in [-0.4, -0.2) is 48.3 Å². The molecule has 8 heteroatoms. The second-order valence-electron chi connectivity index (χ2n) is 7.64. The highest BCUT2D eigenvalue weighted by molar-refractivity contribution is 5.88. The average molecular weight is 425 g/mol.